The Kier molecular flexibility index (Phi) is 8.33. The van der Waals surface area contributed by atoms with Crippen LogP contribution < -0.4 is 10.6 Å². The lowest BCUT2D eigenvalue weighted by molar-refractivity contribution is -0.145. The van der Waals surface area contributed by atoms with Crippen molar-refractivity contribution in [1.29, 1.82) is 0 Å². The Labute approximate surface area is 177 Å². The molecule has 0 aliphatic carbocycles. The van der Waals surface area contributed by atoms with Gasteiger partial charge in [-0.2, -0.15) is 0 Å². The van der Waals surface area contributed by atoms with Gasteiger partial charge in [0.25, 0.3) is 0 Å². The number of amides is 2. The van der Waals surface area contributed by atoms with Crippen LogP contribution in [0.4, 0.5) is 4.39 Å². The van der Waals surface area contributed by atoms with E-state index < -0.39 is 35.7 Å². The highest BCUT2D eigenvalue weighted by Crippen LogP contribution is 2.18. The molecule has 0 aliphatic heterocycles. The van der Waals surface area contributed by atoms with Crippen molar-refractivity contribution < 1.29 is 23.5 Å². The van der Waals surface area contributed by atoms with Gasteiger partial charge in [0.05, 0.1) is 7.11 Å². The molecule has 0 spiro atoms. The van der Waals surface area contributed by atoms with Crippen LogP contribution in [0.1, 0.15) is 18.1 Å². The summed E-state index contributed by atoms with van der Waals surface area (Å²) in [4.78, 5) is 36.6. The van der Waals surface area contributed by atoms with Gasteiger partial charge >= 0.3 is 5.97 Å². The minimum atomic E-state index is -0.935. The number of halogens is 2. The largest absolute Gasteiger partial charge is 0.467 e. The summed E-state index contributed by atoms with van der Waals surface area (Å²) in [7, 11) is 1.24. The Morgan fingerprint density at radius 3 is 2.24 bits per heavy atom. The van der Waals surface area contributed by atoms with Gasteiger partial charge in [0.2, 0.25) is 11.8 Å². The molecule has 0 saturated heterocycles. The fourth-order valence-corrected chi connectivity index (χ4v) is 3.25. The molecule has 0 unspecified atom stereocenters. The van der Waals surface area contributed by atoms with Gasteiger partial charge in [-0.15, -0.1) is 0 Å². The molecule has 0 saturated carbocycles. The van der Waals surface area contributed by atoms with Crippen molar-refractivity contribution in [3.05, 3.63) is 69.9 Å². The maximum Gasteiger partial charge on any atom is 0.328 e. The molecule has 0 bridgehead atoms. The van der Waals surface area contributed by atoms with Crippen molar-refractivity contribution in [2.75, 3.05) is 7.11 Å². The van der Waals surface area contributed by atoms with E-state index in [1.807, 2.05) is 24.3 Å². The normalized spacial score (nSPS) is 12.6. The standard InChI is InChI=1S/C21H22BrFN2O4/c1-13(26)24-18(11-14-7-9-16(23)10-8-14)20(27)25-19(21(28)29-2)12-15-5-3-4-6-17(15)22/h3-10,18-19H,11-12H2,1-2H3,(H,24,26)(H,25,27)/t18-,19-/m0/s1. The summed E-state index contributed by atoms with van der Waals surface area (Å²) in [5, 5.41) is 5.23. The van der Waals surface area contributed by atoms with E-state index in [1.165, 1.54) is 38.3 Å². The van der Waals surface area contributed by atoms with Gasteiger partial charge in [0, 0.05) is 24.2 Å². The van der Waals surface area contributed by atoms with Gasteiger partial charge in [0.1, 0.15) is 17.9 Å². The third kappa shape index (κ3) is 6.98. The quantitative estimate of drug-likeness (QED) is 0.587. The first-order valence-electron chi connectivity index (χ1n) is 8.93. The van der Waals surface area contributed by atoms with Gasteiger partial charge in [-0.1, -0.05) is 46.3 Å². The monoisotopic (exact) mass is 464 g/mol. The van der Waals surface area contributed by atoms with Crippen molar-refractivity contribution in [1.82, 2.24) is 10.6 Å². The highest BCUT2D eigenvalue weighted by atomic mass is 79.9. The van der Waals surface area contributed by atoms with Crippen LogP contribution in [0.3, 0.4) is 0 Å². The van der Waals surface area contributed by atoms with E-state index in [-0.39, 0.29) is 12.8 Å². The lowest BCUT2D eigenvalue weighted by Gasteiger charge is -2.22. The zero-order valence-corrected chi connectivity index (χ0v) is 17.7. The van der Waals surface area contributed by atoms with Crippen LogP contribution in [0.2, 0.25) is 0 Å². The Balaban J connectivity index is 2.17. The molecule has 0 radical (unpaired) electrons. The summed E-state index contributed by atoms with van der Waals surface area (Å²) in [6.45, 7) is 1.30. The van der Waals surface area contributed by atoms with E-state index in [2.05, 4.69) is 26.6 Å². The summed E-state index contributed by atoms with van der Waals surface area (Å²) >= 11 is 3.42. The molecule has 8 heteroatoms. The van der Waals surface area contributed by atoms with Gasteiger partial charge in [-0.05, 0) is 29.3 Å². The summed E-state index contributed by atoms with van der Waals surface area (Å²) in [5.41, 5.74) is 1.48. The van der Waals surface area contributed by atoms with Crippen molar-refractivity contribution in [3.63, 3.8) is 0 Å². The number of rotatable bonds is 8. The van der Waals surface area contributed by atoms with E-state index in [4.69, 9.17) is 4.74 Å². The zero-order valence-electron chi connectivity index (χ0n) is 16.1. The molecule has 0 heterocycles. The van der Waals surface area contributed by atoms with Crippen LogP contribution >= 0.6 is 15.9 Å². The minimum absolute atomic E-state index is 0.147. The summed E-state index contributed by atoms with van der Waals surface area (Å²) in [6.07, 6.45) is 0.359. The first-order chi connectivity index (χ1) is 13.8. The predicted molar refractivity (Wildman–Crippen MR) is 110 cm³/mol. The summed E-state index contributed by atoms with van der Waals surface area (Å²) < 4.78 is 18.7. The van der Waals surface area contributed by atoms with Crippen LogP contribution in [0.5, 0.6) is 0 Å². The molecule has 2 rings (SSSR count). The zero-order chi connectivity index (χ0) is 21.4. The van der Waals surface area contributed by atoms with Crippen LogP contribution in [-0.4, -0.2) is 37.0 Å². The van der Waals surface area contributed by atoms with Gasteiger partial charge in [0.15, 0.2) is 0 Å². The number of carbonyl (C=O) groups excluding carboxylic acids is 3. The number of ether oxygens (including phenoxy) is 1. The second kappa shape index (κ2) is 10.7. The van der Waals surface area contributed by atoms with E-state index in [0.717, 1.165) is 10.0 Å². The molecule has 2 amide bonds. The smallest absolute Gasteiger partial charge is 0.328 e. The highest BCUT2D eigenvalue weighted by molar-refractivity contribution is 9.10. The number of benzene rings is 2. The molecule has 154 valence electrons. The minimum Gasteiger partial charge on any atom is -0.467 e. The van der Waals surface area contributed by atoms with E-state index >= 15 is 0 Å². The van der Waals surface area contributed by atoms with Crippen molar-refractivity contribution in [2.24, 2.45) is 0 Å². The lowest BCUT2D eigenvalue weighted by atomic mass is 10.0. The maximum atomic E-state index is 13.1. The van der Waals surface area contributed by atoms with Crippen LogP contribution in [0.25, 0.3) is 0 Å². The molecule has 2 aromatic carbocycles. The SMILES string of the molecule is COC(=O)[C@H](Cc1ccccc1Br)NC(=O)[C@H](Cc1ccc(F)cc1)NC(C)=O. The Bertz CT molecular complexity index is 873. The number of carbonyl (C=O) groups is 3. The molecule has 2 atom stereocenters. The molecule has 2 aromatic rings. The average molecular weight is 465 g/mol. The second-order valence-electron chi connectivity index (χ2n) is 6.46. The van der Waals surface area contributed by atoms with Gasteiger partial charge in [-0.3, -0.25) is 9.59 Å². The molecule has 29 heavy (non-hydrogen) atoms. The van der Waals surface area contributed by atoms with Crippen molar-refractivity contribution >= 4 is 33.7 Å². The molecular weight excluding hydrogens is 443 g/mol. The number of hydrogen-bond acceptors (Lipinski definition) is 4. The van der Waals surface area contributed by atoms with Crippen molar-refractivity contribution in [2.45, 2.75) is 31.8 Å². The molecule has 0 fully saturated rings. The average Bonchev–Trinajstić information content (AvgIpc) is 2.69. The Hall–Kier alpha value is -2.74. The molecular formula is C21H22BrFN2O4. The van der Waals surface area contributed by atoms with E-state index in [0.29, 0.717) is 5.56 Å². The van der Waals surface area contributed by atoms with E-state index in [9.17, 15) is 18.8 Å². The third-order valence-electron chi connectivity index (χ3n) is 4.23. The van der Waals surface area contributed by atoms with Gasteiger partial charge in [-0.25, -0.2) is 9.18 Å². The van der Waals surface area contributed by atoms with Crippen LogP contribution in [0.15, 0.2) is 53.0 Å². The first kappa shape index (κ1) is 22.5. The fourth-order valence-electron chi connectivity index (χ4n) is 2.80. The molecule has 0 aromatic heterocycles. The van der Waals surface area contributed by atoms with Crippen LogP contribution in [-0.2, 0) is 32.0 Å². The molecule has 2 N–H and O–H groups in total. The third-order valence-corrected chi connectivity index (χ3v) is 5.00. The van der Waals surface area contributed by atoms with Gasteiger partial charge < -0.3 is 15.4 Å². The Morgan fingerprint density at radius 1 is 1.00 bits per heavy atom. The molecule has 6 nitrogen and oxygen atoms in total. The lowest BCUT2D eigenvalue weighted by Crippen LogP contribution is -2.53. The fraction of sp³-hybridized carbons (Fsp3) is 0.286. The number of hydrogen-bond donors (Lipinski definition) is 2. The summed E-state index contributed by atoms with van der Waals surface area (Å²) in [6, 6.07) is 11.1. The predicted octanol–water partition coefficient (Wildman–Crippen LogP) is 2.54. The first-order valence-corrected chi connectivity index (χ1v) is 9.72. The number of nitrogens with one attached hydrogen (secondary N) is 2. The Morgan fingerprint density at radius 2 is 1.66 bits per heavy atom. The summed E-state index contributed by atoms with van der Waals surface area (Å²) in [5.74, 6) is -1.93. The molecule has 0 aliphatic rings. The number of esters is 1. The second-order valence-corrected chi connectivity index (χ2v) is 7.32. The van der Waals surface area contributed by atoms with Crippen LogP contribution in [0, 0.1) is 5.82 Å². The number of methoxy groups -OCH3 is 1. The topological polar surface area (TPSA) is 84.5 Å². The maximum absolute atomic E-state index is 13.1. The highest BCUT2D eigenvalue weighted by Gasteiger charge is 2.27. The van der Waals surface area contributed by atoms with E-state index in [1.54, 1.807) is 0 Å². The van der Waals surface area contributed by atoms with Crippen molar-refractivity contribution in [3.8, 4) is 0 Å².